The fourth-order valence-electron chi connectivity index (χ4n) is 1.25. The summed E-state index contributed by atoms with van der Waals surface area (Å²) in [5.74, 6) is -1.26. The molecule has 0 aliphatic heterocycles. The molecule has 0 saturated carbocycles. The number of rotatable bonds is 5. The van der Waals surface area contributed by atoms with E-state index in [0.29, 0.717) is 0 Å². The molecule has 0 aliphatic carbocycles. The van der Waals surface area contributed by atoms with E-state index in [9.17, 15) is 9.59 Å². The third kappa shape index (κ3) is 4.70. The van der Waals surface area contributed by atoms with Crippen LogP contribution in [0.3, 0.4) is 0 Å². The minimum Gasteiger partial charge on any atom is -0.466 e. The van der Waals surface area contributed by atoms with E-state index >= 15 is 0 Å². The van der Waals surface area contributed by atoms with Crippen molar-refractivity contribution >= 4 is 58.3 Å². The molecule has 0 aromatic heterocycles. The lowest BCUT2D eigenvalue weighted by Gasteiger charge is -2.10. The minimum atomic E-state index is -0.680. The van der Waals surface area contributed by atoms with Crippen LogP contribution >= 0.6 is 46.4 Å². The first kappa shape index (κ1) is 17.4. The zero-order chi connectivity index (χ0) is 15.3. The van der Waals surface area contributed by atoms with Gasteiger partial charge in [-0.1, -0.05) is 46.4 Å². The second-order valence-electron chi connectivity index (χ2n) is 3.58. The Bertz CT molecular complexity index is 531. The molecule has 0 fully saturated rings. The Morgan fingerprint density at radius 1 is 1.00 bits per heavy atom. The number of carbonyl (C=O) groups excluding carboxylic acids is 2. The van der Waals surface area contributed by atoms with Gasteiger partial charge in [0.1, 0.15) is 5.02 Å². The van der Waals surface area contributed by atoms with Gasteiger partial charge in [0.25, 0.3) is 0 Å². The first-order valence-electron chi connectivity index (χ1n) is 5.56. The van der Waals surface area contributed by atoms with E-state index in [-0.39, 0.29) is 45.3 Å². The average Bonchev–Trinajstić information content (AvgIpc) is 2.39. The molecule has 0 aliphatic rings. The van der Waals surface area contributed by atoms with Crippen LogP contribution < -0.4 is 4.74 Å². The van der Waals surface area contributed by atoms with Gasteiger partial charge in [-0.05, 0) is 13.0 Å². The van der Waals surface area contributed by atoms with E-state index in [1.807, 2.05) is 0 Å². The fraction of sp³-hybridized carbons (Fsp3) is 0.333. The van der Waals surface area contributed by atoms with Crippen LogP contribution in [0.15, 0.2) is 6.07 Å². The number of hydrogen-bond acceptors (Lipinski definition) is 4. The van der Waals surface area contributed by atoms with Crippen molar-refractivity contribution in [1.29, 1.82) is 0 Å². The van der Waals surface area contributed by atoms with E-state index < -0.39 is 11.9 Å². The summed E-state index contributed by atoms with van der Waals surface area (Å²) < 4.78 is 9.67. The predicted octanol–water partition coefficient (Wildman–Crippen LogP) is 4.55. The number of carbonyl (C=O) groups is 2. The van der Waals surface area contributed by atoms with Crippen LogP contribution in [0.25, 0.3) is 0 Å². The molecule has 0 spiro atoms. The summed E-state index contributed by atoms with van der Waals surface area (Å²) in [7, 11) is 0. The fourth-order valence-corrected chi connectivity index (χ4v) is 2.23. The Hall–Kier alpha value is -0.680. The molecule has 0 bridgehead atoms. The highest BCUT2D eigenvalue weighted by Gasteiger charge is 2.18. The number of halogens is 4. The summed E-state index contributed by atoms with van der Waals surface area (Å²) >= 11 is 23.3. The van der Waals surface area contributed by atoms with Crippen molar-refractivity contribution in [2.45, 2.75) is 19.8 Å². The molecule has 1 aromatic rings. The lowest BCUT2D eigenvalue weighted by molar-refractivity contribution is -0.146. The molecule has 110 valence electrons. The second-order valence-corrected chi connectivity index (χ2v) is 5.15. The summed E-state index contributed by atoms with van der Waals surface area (Å²) in [5, 5.41) is 0.168. The van der Waals surface area contributed by atoms with Crippen molar-refractivity contribution < 1.29 is 19.1 Å². The zero-order valence-corrected chi connectivity index (χ0v) is 13.4. The topological polar surface area (TPSA) is 52.6 Å². The van der Waals surface area contributed by atoms with Gasteiger partial charge in [-0.15, -0.1) is 0 Å². The summed E-state index contributed by atoms with van der Waals surface area (Å²) in [5.41, 5.74) is 0. The van der Waals surface area contributed by atoms with Crippen LogP contribution in [0.4, 0.5) is 0 Å². The summed E-state index contributed by atoms with van der Waals surface area (Å²) in [6.45, 7) is 1.92. The standard InChI is InChI=1S/C12H10Cl4O4/c1-2-19-8(17)3-4-9(18)20-12-7(14)5-6(13)10(15)11(12)16/h5H,2-4H2,1H3. The summed E-state index contributed by atoms with van der Waals surface area (Å²) in [4.78, 5) is 22.7. The highest BCUT2D eigenvalue weighted by atomic mass is 35.5. The van der Waals surface area contributed by atoms with Crippen molar-refractivity contribution in [2.75, 3.05) is 6.61 Å². The van der Waals surface area contributed by atoms with E-state index in [1.165, 1.54) is 6.07 Å². The van der Waals surface area contributed by atoms with Gasteiger partial charge in [-0.2, -0.15) is 0 Å². The lowest BCUT2D eigenvalue weighted by Crippen LogP contribution is -2.12. The van der Waals surface area contributed by atoms with E-state index in [2.05, 4.69) is 4.74 Å². The first-order valence-corrected chi connectivity index (χ1v) is 7.07. The Morgan fingerprint density at radius 2 is 1.60 bits per heavy atom. The molecular weight excluding hydrogens is 350 g/mol. The number of benzene rings is 1. The maximum atomic E-state index is 11.6. The normalized spacial score (nSPS) is 10.2. The van der Waals surface area contributed by atoms with E-state index in [4.69, 9.17) is 51.1 Å². The molecule has 1 rings (SSSR count). The smallest absolute Gasteiger partial charge is 0.311 e. The van der Waals surface area contributed by atoms with Crippen molar-refractivity contribution in [1.82, 2.24) is 0 Å². The van der Waals surface area contributed by atoms with E-state index in [1.54, 1.807) is 6.92 Å². The van der Waals surface area contributed by atoms with Crippen molar-refractivity contribution in [2.24, 2.45) is 0 Å². The molecule has 0 atom stereocenters. The number of hydrogen-bond donors (Lipinski definition) is 0. The van der Waals surface area contributed by atoms with Gasteiger partial charge in [0, 0.05) is 0 Å². The predicted molar refractivity (Wildman–Crippen MR) is 78.0 cm³/mol. The van der Waals surface area contributed by atoms with Crippen LogP contribution in [-0.4, -0.2) is 18.5 Å². The maximum absolute atomic E-state index is 11.6. The highest BCUT2D eigenvalue weighted by molar-refractivity contribution is 6.50. The van der Waals surface area contributed by atoms with Gasteiger partial charge in [-0.3, -0.25) is 9.59 Å². The molecule has 0 saturated heterocycles. The van der Waals surface area contributed by atoms with Crippen LogP contribution in [-0.2, 0) is 14.3 Å². The first-order chi connectivity index (χ1) is 9.36. The highest BCUT2D eigenvalue weighted by Crippen LogP contribution is 2.42. The average molecular weight is 360 g/mol. The lowest BCUT2D eigenvalue weighted by atomic mass is 10.3. The van der Waals surface area contributed by atoms with Gasteiger partial charge >= 0.3 is 11.9 Å². The molecule has 0 N–H and O–H groups in total. The van der Waals surface area contributed by atoms with Gasteiger partial charge in [0.15, 0.2) is 5.75 Å². The Morgan fingerprint density at radius 3 is 2.20 bits per heavy atom. The molecule has 1 aromatic carbocycles. The SMILES string of the molecule is CCOC(=O)CCC(=O)Oc1c(Cl)cc(Cl)c(Cl)c1Cl. The molecule has 8 heteroatoms. The van der Waals surface area contributed by atoms with Crippen molar-refractivity contribution in [3.8, 4) is 5.75 Å². The molecular formula is C12H10Cl4O4. The quantitative estimate of drug-likeness (QED) is 0.335. The van der Waals surface area contributed by atoms with E-state index in [0.717, 1.165) is 0 Å². The van der Waals surface area contributed by atoms with Crippen molar-refractivity contribution in [3.63, 3.8) is 0 Å². The monoisotopic (exact) mass is 358 g/mol. The van der Waals surface area contributed by atoms with Crippen LogP contribution in [0.5, 0.6) is 5.75 Å². The van der Waals surface area contributed by atoms with Crippen molar-refractivity contribution in [3.05, 3.63) is 26.2 Å². The summed E-state index contributed by atoms with van der Waals surface area (Å²) in [6, 6.07) is 1.31. The molecule has 0 amide bonds. The molecule has 0 heterocycles. The van der Waals surface area contributed by atoms with Crippen LogP contribution in [0.1, 0.15) is 19.8 Å². The Balaban J connectivity index is 2.72. The Labute approximate surface area is 135 Å². The molecule has 0 radical (unpaired) electrons. The van der Waals surface area contributed by atoms with Crippen LogP contribution in [0.2, 0.25) is 20.1 Å². The third-order valence-electron chi connectivity index (χ3n) is 2.13. The minimum absolute atomic E-state index is 0.0333. The zero-order valence-electron chi connectivity index (χ0n) is 10.3. The number of esters is 2. The molecule has 4 nitrogen and oxygen atoms in total. The number of ether oxygens (including phenoxy) is 2. The van der Waals surface area contributed by atoms with Gasteiger partial charge < -0.3 is 9.47 Å². The summed E-state index contributed by atoms with van der Waals surface area (Å²) in [6.07, 6.45) is -0.255. The maximum Gasteiger partial charge on any atom is 0.311 e. The second kappa shape index (κ2) is 7.93. The molecule has 20 heavy (non-hydrogen) atoms. The largest absolute Gasteiger partial charge is 0.466 e. The van der Waals surface area contributed by atoms with Gasteiger partial charge in [-0.25, -0.2) is 0 Å². The van der Waals surface area contributed by atoms with Crippen LogP contribution in [0, 0.1) is 0 Å². The van der Waals surface area contributed by atoms with Gasteiger partial charge in [0.05, 0.1) is 34.5 Å². The Kier molecular flexibility index (Phi) is 6.89. The third-order valence-corrected chi connectivity index (χ3v) is 3.65. The van der Waals surface area contributed by atoms with Gasteiger partial charge in [0.2, 0.25) is 0 Å². The molecule has 0 unspecified atom stereocenters.